The molecule has 2 aromatic carbocycles. The van der Waals surface area contributed by atoms with Crippen molar-refractivity contribution in [1.82, 2.24) is 19.7 Å². The summed E-state index contributed by atoms with van der Waals surface area (Å²) < 4.78 is 9.29. The highest BCUT2D eigenvalue weighted by Crippen LogP contribution is 2.33. The minimum atomic E-state index is -0.106. The third-order valence-electron chi connectivity index (χ3n) is 5.89. The standard InChI is InChI=1S/C24H31N5O2/c1-4-18(3)29-24(30)28(19-11-7-6-8-12-19)23(26-29)27-16-15-25-17-21(27)20-13-9-10-14-22(20)31-5-2/h6-14,18,21,25H,4-5,15-17H2,1-3H3. The van der Waals surface area contributed by atoms with Gasteiger partial charge in [-0.05, 0) is 38.5 Å². The molecule has 7 heteroatoms. The van der Waals surface area contributed by atoms with Crippen LogP contribution in [-0.4, -0.2) is 40.6 Å². The van der Waals surface area contributed by atoms with Crippen LogP contribution in [0, 0.1) is 0 Å². The van der Waals surface area contributed by atoms with Gasteiger partial charge in [0.2, 0.25) is 5.95 Å². The van der Waals surface area contributed by atoms with Gasteiger partial charge in [-0.15, -0.1) is 5.10 Å². The summed E-state index contributed by atoms with van der Waals surface area (Å²) in [6, 6.07) is 17.9. The summed E-state index contributed by atoms with van der Waals surface area (Å²) in [5.41, 5.74) is 1.82. The first-order valence-corrected chi connectivity index (χ1v) is 11.1. The van der Waals surface area contributed by atoms with Crippen molar-refractivity contribution in [3.63, 3.8) is 0 Å². The van der Waals surface area contributed by atoms with Gasteiger partial charge in [0, 0.05) is 25.2 Å². The lowest BCUT2D eigenvalue weighted by Crippen LogP contribution is -2.47. The van der Waals surface area contributed by atoms with Gasteiger partial charge in [-0.25, -0.2) is 14.0 Å². The van der Waals surface area contributed by atoms with Gasteiger partial charge in [0.1, 0.15) is 5.75 Å². The Bertz CT molecular complexity index is 1060. The van der Waals surface area contributed by atoms with Gasteiger partial charge in [-0.2, -0.15) is 0 Å². The summed E-state index contributed by atoms with van der Waals surface area (Å²) in [7, 11) is 0. The lowest BCUT2D eigenvalue weighted by molar-refractivity contribution is 0.330. The van der Waals surface area contributed by atoms with Crippen LogP contribution in [-0.2, 0) is 0 Å². The second-order valence-corrected chi connectivity index (χ2v) is 7.84. The van der Waals surface area contributed by atoms with Crippen LogP contribution in [0.4, 0.5) is 5.95 Å². The number of rotatable bonds is 7. The maximum absolute atomic E-state index is 13.4. The van der Waals surface area contributed by atoms with Crippen LogP contribution in [0.15, 0.2) is 59.4 Å². The van der Waals surface area contributed by atoms with Gasteiger partial charge in [0.25, 0.3) is 0 Å². The molecule has 0 radical (unpaired) electrons. The number of nitrogens with zero attached hydrogens (tertiary/aromatic N) is 4. The molecule has 31 heavy (non-hydrogen) atoms. The zero-order valence-corrected chi connectivity index (χ0v) is 18.5. The van der Waals surface area contributed by atoms with Crippen LogP contribution >= 0.6 is 0 Å². The van der Waals surface area contributed by atoms with Crippen LogP contribution in [0.25, 0.3) is 5.69 Å². The molecule has 7 nitrogen and oxygen atoms in total. The molecule has 2 heterocycles. The molecule has 2 atom stereocenters. The van der Waals surface area contributed by atoms with E-state index in [1.807, 2.05) is 62.4 Å². The number of hydrogen-bond acceptors (Lipinski definition) is 5. The molecule has 1 aliphatic heterocycles. The summed E-state index contributed by atoms with van der Waals surface area (Å²) >= 11 is 0. The van der Waals surface area contributed by atoms with E-state index in [1.165, 1.54) is 0 Å². The van der Waals surface area contributed by atoms with E-state index >= 15 is 0 Å². The fourth-order valence-corrected chi connectivity index (χ4v) is 4.09. The molecule has 164 valence electrons. The Hall–Kier alpha value is -3.06. The minimum Gasteiger partial charge on any atom is -0.494 e. The lowest BCUT2D eigenvalue weighted by atomic mass is 10.0. The smallest absolute Gasteiger partial charge is 0.352 e. The largest absolute Gasteiger partial charge is 0.494 e. The van der Waals surface area contributed by atoms with Gasteiger partial charge in [0.05, 0.1) is 24.4 Å². The van der Waals surface area contributed by atoms with E-state index in [-0.39, 0.29) is 17.8 Å². The van der Waals surface area contributed by atoms with Crippen LogP contribution < -0.4 is 20.6 Å². The Morgan fingerprint density at radius 1 is 1.13 bits per heavy atom. The molecule has 0 aliphatic carbocycles. The van der Waals surface area contributed by atoms with Crippen molar-refractivity contribution in [3.05, 3.63) is 70.6 Å². The molecule has 0 saturated carbocycles. The lowest BCUT2D eigenvalue weighted by Gasteiger charge is -2.37. The first-order valence-electron chi connectivity index (χ1n) is 11.1. The maximum atomic E-state index is 13.4. The third kappa shape index (κ3) is 4.10. The van der Waals surface area contributed by atoms with Crippen molar-refractivity contribution in [2.45, 2.75) is 39.3 Å². The van der Waals surface area contributed by atoms with Crippen molar-refractivity contribution in [1.29, 1.82) is 0 Å². The van der Waals surface area contributed by atoms with Gasteiger partial charge in [-0.3, -0.25) is 0 Å². The molecule has 0 spiro atoms. The van der Waals surface area contributed by atoms with Gasteiger partial charge < -0.3 is 15.0 Å². The molecular formula is C24H31N5O2. The zero-order chi connectivity index (χ0) is 21.8. The number of anilines is 1. The fourth-order valence-electron chi connectivity index (χ4n) is 4.09. The Kier molecular flexibility index (Phi) is 6.42. The second kappa shape index (κ2) is 9.39. The Balaban J connectivity index is 1.86. The van der Waals surface area contributed by atoms with Crippen molar-refractivity contribution >= 4 is 5.95 Å². The van der Waals surface area contributed by atoms with Crippen LogP contribution in [0.5, 0.6) is 5.75 Å². The van der Waals surface area contributed by atoms with Gasteiger partial charge in [-0.1, -0.05) is 43.3 Å². The first kappa shape index (κ1) is 21.2. The predicted molar refractivity (Wildman–Crippen MR) is 123 cm³/mol. The molecule has 0 bridgehead atoms. The van der Waals surface area contributed by atoms with E-state index in [0.717, 1.165) is 43.1 Å². The zero-order valence-electron chi connectivity index (χ0n) is 18.5. The normalized spacial score (nSPS) is 17.5. The topological polar surface area (TPSA) is 64.3 Å². The Labute approximate surface area is 183 Å². The predicted octanol–water partition coefficient (Wildman–Crippen LogP) is 3.55. The van der Waals surface area contributed by atoms with E-state index in [1.54, 1.807) is 9.25 Å². The van der Waals surface area contributed by atoms with E-state index in [2.05, 4.69) is 23.2 Å². The van der Waals surface area contributed by atoms with Gasteiger partial charge in [0.15, 0.2) is 0 Å². The molecule has 2 unspecified atom stereocenters. The first-order chi connectivity index (χ1) is 15.2. The number of benzene rings is 2. The maximum Gasteiger partial charge on any atom is 0.352 e. The Morgan fingerprint density at radius 2 is 1.87 bits per heavy atom. The van der Waals surface area contributed by atoms with Crippen molar-refractivity contribution in [2.75, 3.05) is 31.1 Å². The van der Waals surface area contributed by atoms with Crippen LogP contribution in [0.1, 0.15) is 44.8 Å². The average Bonchev–Trinajstić information content (AvgIpc) is 3.16. The highest BCUT2D eigenvalue weighted by atomic mass is 16.5. The molecule has 4 rings (SSSR count). The average molecular weight is 422 g/mol. The van der Waals surface area contributed by atoms with E-state index in [4.69, 9.17) is 9.84 Å². The summed E-state index contributed by atoms with van der Waals surface area (Å²) in [4.78, 5) is 15.7. The summed E-state index contributed by atoms with van der Waals surface area (Å²) in [5.74, 6) is 1.55. The quantitative estimate of drug-likeness (QED) is 0.632. The summed E-state index contributed by atoms with van der Waals surface area (Å²) in [5, 5.41) is 8.35. The van der Waals surface area contributed by atoms with Crippen molar-refractivity contribution < 1.29 is 4.74 Å². The molecule has 1 fully saturated rings. The van der Waals surface area contributed by atoms with Crippen molar-refractivity contribution in [3.8, 4) is 11.4 Å². The van der Waals surface area contributed by atoms with Crippen molar-refractivity contribution in [2.24, 2.45) is 0 Å². The van der Waals surface area contributed by atoms with Gasteiger partial charge >= 0.3 is 5.69 Å². The monoisotopic (exact) mass is 421 g/mol. The highest BCUT2D eigenvalue weighted by Gasteiger charge is 2.32. The van der Waals surface area contributed by atoms with Crippen LogP contribution in [0.2, 0.25) is 0 Å². The number of hydrogen-bond donors (Lipinski definition) is 1. The van der Waals surface area contributed by atoms with E-state index in [9.17, 15) is 4.79 Å². The molecule has 1 aliphatic rings. The molecule has 1 saturated heterocycles. The number of nitrogens with one attached hydrogen (secondary N) is 1. The second-order valence-electron chi connectivity index (χ2n) is 7.84. The molecule has 1 aromatic heterocycles. The van der Waals surface area contributed by atoms with E-state index < -0.39 is 0 Å². The van der Waals surface area contributed by atoms with Crippen LogP contribution in [0.3, 0.4) is 0 Å². The SMILES string of the molecule is CCOc1ccccc1C1CNCCN1c1nn(C(C)CC)c(=O)n1-c1ccccc1. The number of para-hydroxylation sites is 2. The summed E-state index contributed by atoms with van der Waals surface area (Å²) in [6.07, 6.45) is 0.837. The molecule has 3 aromatic rings. The molecular weight excluding hydrogens is 390 g/mol. The van der Waals surface area contributed by atoms with E-state index in [0.29, 0.717) is 12.6 Å². The highest BCUT2D eigenvalue weighted by molar-refractivity contribution is 5.48. The number of ether oxygens (including phenoxy) is 1. The third-order valence-corrected chi connectivity index (χ3v) is 5.89. The fraction of sp³-hybridized carbons (Fsp3) is 0.417. The summed E-state index contributed by atoms with van der Waals surface area (Å²) in [6.45, 7) is 9.03. The Morgan fingerprint density at radius 3 is 2.61 bits per heavy atom. The number of piperazine rings is 1. The minimum absolute atomic E-state index is 0.00569. The molecule has 1 N–H and O–H groups in total. The number of aromatic nitrogens is 3. The molecule has 0 amide bonds.